The van der Waals surface area contributed by atoms with E-state index in [9.17, 15) is 5.26 Å². The summed E-state index contributed by atoms with van der Waals surface area (Å²) in [5.74, 6) is 0. The minimum absolute atomic E-state index is 0.136. The van der Waals surface area contributed by atoms with E-state index in [1.165, 1.54) is 0 Å². The minimum atomic E-state index is -0.666. The van der Waals surface area contributed by atoms with E-state index >= 15 is 0 Å². The largest absolute Gasteiger partial charge is 0.375 e. The molecule has 1 aromatic carbocycles. The van der Waals surface area contributed by atoms with E-state index in [0.29, 0.717) is 13.0 Å². The Morgan fingerprint density at radius 1 is 1.19 bits per heavy atom. The van der Waals surface area contributed by atoms with E-state index in [4.69, 9.17) is 4.74 Å². The highest BCUT2D eigenvalue weighted by Crippen LogP contribution is 2.26. The van der Waals surface area contributed by atoms with Crippen LogP contribution in [0.25, 0.3) is 0 Å². The van der Waals surface area contributed by atoms with Gasteiger partial charge in [-0.05, 0) is 38.8 Å². The Morgan fingerprint density at radius 2 is 1.86 bits per heavy atom. The molecule has 0 aliphatic heterocycles. The number of ether oxygens (including phenoxy) is 1. The van der Waals surface area contributed by atoms with Crippen molar-refractivity contribution >= 4 is 0 Å². The van der Waals surface area contributed by atoms with Gasteiger partial charge in [0.2, 0.25) is 0 Å². The van der Waals surface area contributed by atoms with Crippen molar-refractivity contribution in [3.63, 3.8) is 0 Å². The van der Waals surface area contributed by atoms with Crippen molar-refractivity contribution < 1.29 is 4.74 Å². The van der Waals surface area contributed by atoms with E-state index < -0.39 is 5.54 Å². The van der Waals surface area contributed by atoms with Gasteiger partial charge in [-0.2, -0.15) is 5.26 Å². The molecule has 116 valence electrons. The average Bonchev–Trinajstić information content (AvgIpc) is 2.51. The van der Waals surface area contributed by atoms with Gasteiger partial charge in [-0.1, -0.05) is 44.2 Å². The van der Waals surface area contributed by atoms with Gasteiger partial charge < -0.3 is 4.74 Å². The smallest absolute Gasteiger partial charge is 0.134 e. The number of hydrogen-bond donors (Lipinski definition) is 1. The maximum Gasteiger partial charge on any atom is 0.134 e. The Hall–Kier alpha value is -1.37. The Morgan fingerprint density at radius 3 is 2.38 bits per heavy atom. The summed E-state index contributed by atoms with van der Waals surface area (Å²) in [5.41, 5.74) is 0.211. The first-order valence-electron chi connectivity index (χ1n) is 7.85. The topological polar surface area (TPSA) is 45.0 Å². The highest BCUT2D eigenvalue weighted by atomic mass is 16.5. The minimum Gasteiger partial charge on any atom is -0.375 e. The lowest BCUT2D eigenvalue weighted by Crippen LogP contribution is -2.43. The molecule has 0 aliphatic rings. The van der Waals surface area contributed by atoms with Crippen LogP contribution >= 0.6 is 0 Å². The number of nitrogens with zero attached hydrogens (tertiary/aromatic N) is 1. The van der Waals surface area contributed by atoms with Gasteiger partial charge in [0.15, 0.2) is 0 Å². The van der Waals surface area contributed by atoms with E-state index in [2.05, 4.69) is 39.1 Å². The van der Waals surface area contributed by atoms with E-state index in [0.717, 1.165) is 24.9 Å². The second kappa shape index (κ2) is 8.17. The van der Waals surface area contributed by atoms with Crippen molar-refractivity contribution in [1.29, 1.82) is 5.26 Å². The van der Waals surface area contributed by atoms with Crippen molar-refractivity contribution in [2.24, 2.45) is 0 Å². The molecule has 0 spiro atoms. The molecule has 1 atom stereocenters. The Kier molecular flexibility index (Phi) is 6.87. The zero-order chi connectivity index (χ0) is 15.8. The predicted octanol–water partition coefficient (Wildman–Crippen LogP) is 4.00. The van der Waals surface area contributed by atoms with E-state index in [-0.39, 0.29) is 5.60 Å². The molecule has 0 bridgehead atoms. The number of rotatable bonds is 9. The quantitative estimate of drug-likeness (QED) is 0.747. The van der Waals surface area contributed by atoms with E-state index in [1.54, 1.807) is 0 Å². The number of hydrogen-bond acceptors (Lipinski definition) is 3. The standard InChI is InChI=1S/C18H28N2O/c1-5-13-20-18(15-19,16-10-8-7-9-11-16)12-14-21-17(3,4)6-2/h7-11,20H,5-6,12-14H2,1-4H3. The molecular formula is C18H28N2O. The molecule has 0 saturated carbocycles. The molecule has 0 amide bonds. The molecule has 1 N–H and O–H groups in total. The summed E-state index contributed by atoms with van der Waals surface area (Å²) < 4.78 is 5.95. The second-order valence-corrected chi connectivity index (χ2v) is 6.02. The number of nitrogens with one attached hydrogen (secondary N) is 1. The SMILES string of the molecule is CCCNC(C#N)(CCOC(C)(C)CC)c1ccccc1. The first-order chi connectivity index (χ1) is 9.99. The molecule has 1 aromatic rings. The van der Waals surface area contributed by atoms with Crippen LogP contribution in [0.2, 0.25) is 0 Å². The lowest BCUT2D eigenvalue weighted by molar-refractivity contribution is -0.0269. The van der Waals surface area contributed by atoms with Crippen LogP contribution in [-0.2, 0) is 10.3 Å². The van der Waals surface area contributed by atoms with Crippen molar-refractivity contribution in [2.45, 2.75) is 58.1 Å². The third-order valence-electron chi connectivity index (χ3n) is 3.96. The molecule has 0 fully saturated rings. The summed E-state index contributed by atoms with van der Waals surface area (Å²) in [7, 11) is 0. The van der Waals surface area contributed by atoms with E-state index in [1.807, 2.05) is 30.3 Å². The molecule has 3 heteroatoms. The summed E-state index contributed by atoms with van der Waals surface area (Å²) in [4.78, 5) is 0. The summed E-state index contributed by atoms with van der Waals surface area (Å²) in [5, 5.41) is 13.2. The zero-order valence-corrected chi connectivity index (χ0v) is 13.8. The highest BCUT2D eigenvalue weighted by molar-refractivity contribution is 5.31. The molecule has 0 saturated heterocycles. The third kappa shape index (κ3) is 5.15. The predicted molar refractivity (Wildman–Crippen MR) is 87.0 cm³/mol. The molecule has 1 unspecified atom stereocenters. The summed E-state index contributed by atoms with van der Waals surface area (Å²) in [6.07, 6.45) is 2.61. The Labute approximate surface area is 129 Å². The fourth-order valence-corrected chi connectivity index (χ4v) is 2.14. The molecule has 1 rings (SSSR count). The maximum absolute atomic E-state index is 9.78. The van der Waals surface area contributed by atoms with Crippen LogP contribution in [0.5, 0.6) is 0 Å². The lowest BCUT2D eigenvalue weighted by Gasteiger charge is -2.31. The monoisotopic (exact) mass is 288 g/mol. The fraction of sp³-hybridized carbons (Fsp3) is 0.611. The third-order valence-corrected chi connectivity index (χ3v) is 3.96. The molecule has 3 nitrogen and oxygen atoms in total. The fourth-order valence-electron chi connectivity index (χ4n) is 2.14. The first-order valence-corrected chi connectivity index (χ1v) is 7.85. The number of nitriles is 1. The molecule has 0 heterocycles. The highest BCUT2D eigenvalue weighted by Gasteiger charge is 2.32. The van der Waals surface area contributed by atoms with Gasteiger partial charge in [-0.3, -0.25) is 5.32 Å². The van der Waals surface area contributed by atoms with Gasteiger partial charge in [0.25, 0.3) is 0 Å². The molecular weight excluding hydrogens is 260 g/mol. The van der Waals surface area contributed by atoms with Crippen LogP contribution in [0, 0.1) is 11.3 Å². The van der Waals surface area contributed by atoms with Crippen molar-refractivity contribution in [2.75, 3.05) is 13.2 Å². The van der Waals surface area contributed by atoms with Crippen molar-refractivity contribution in [3.05, 3.63) is 35.9 Å². The van der Waals surface area contributed by atoms with Crippen LogP contribution < -0.4 is 5.32 Å². The normalized spacial score (nSPS) is 14.4. The zero-order valence-electron chi connectivity index (χ0n) is 13.8. The lowest BCUT2D eigenvalue weighted by atomic mass is 9.88. The van der Waals surface area contributed by atoms with Crippen LogP contribution in [0.3, 0.4) is 0 Å². The Balaban J connectivity index is 2.85. The van der Waals surface area contributed by atoms with Crippen molar-refractivity contribution in [1.82, 2.24) is 5.32 Å². The van der Waals surface area contributed by atoms with Gasteiger partial charge in [0, 0.05) is 6.42 Å². The van der Waals surface area contributed by atoms with Gasteiger partial charge in [0.1, 0.15) is 5.54 Å². The van der Waals surface area contributed by atoms with Gasteiger partial charge >= 0.3 is 0 Å². The average molecular weight is 288 g/mol. The summed E-state index contributed by atoms with van der Waals surface area (Å²) >= 11 is 0. The molecule has 0 aliphatic carbocycles. The van der Waals surface area contributed by atoms with Crippen molar-refractivity contribution in [3.8, 4) is 6.07 Å². The molecule has 0 aromatic heterocycles. The van der Waals surface area contributed by atoms with Gasteiger partial charge in [-0.15, -0.1) is 0 Å². The maximum atomic E-state index is 9.78. The Bertz CT molecular complexity index is 450. The molecule has 0 radical (unpaired) electrons. The first kappa shape index (κ1) is 17.7. The van der Waals surface area contributed by atoms with Crippen LogP contribution in [0.4, 0.5) is 0 Å². The summed E-state index contributed by atoms with van der Waals surface area (Å²) in [6, 6.07) is 12.4. The van der Waals surface area contributed by atoms with Crippen LogP contribution in [0.1, 0.15) is 52.5 Å². The van der Waals surface area contributed by atoms with Gasteiger partial charge in [-0.25, -0.2) is 0 Å². The number of benzene rings is 1. The summed E-state index contributed by atoms with van der Waals surface area (Å²) in [6.45, 7) is 9.78. The second-order valence-electron chi connectivity index (χ2n) is 6.02. The molecule has 21 heavy (non-hydrogen) atoms. The van der Waals surface area contributed by atoms with Crippen LogP contribution in [0.15, 0.2) is 30.3 Å². The van der Waals surface area contributed by atoms with Gasteiger partial charge in [0.05, 0.1) is 18.3 Å². The van der Waals surface area contributed by atoms with Crippen LogP contribution in [-0.4, -0.2) is 18.8 Å².